The zero-order valence-corrected chi connectivity index (χ0v) is 18.2. The number of carbonyl (C=O) groups is 1. The maximum absolute atomic E-state index is 12.8. The van der Waals surface area contributed by atoms with Crippen LogP contribution >= 0.6 is 0 Å². The van der Waals surface area contributed by atoms with Crippen molar-refractivity contribution in [3.8, 4) is 11.4 Å². The first-order chi connectivity index (χ1) is 16.0. The van der Waals surface area contributed by atoms with E-state index in [0.29, 0.717) is 25.4 Å². The Hall–Kier alpha value is -3.76. The van der Waals surface area contributed by atoms with Gasteiger partial charge in [0, 0.05) is 38.0 Å². The summed E-state index contributed by atoms with van der Waals surface area (Å²) >= 11 is 0. The second-order valence-electron chi connectivity index (χ2n) is 7.57. The fourth-order valence-electron chi connectivity index (χ4n) is 3.79. The summed E-state index contributed by atoms with van der Waals surface area (Å²) < 4.78 is 12.2. The van der Waals surface area contributed by atoms with Gasteiger partial charge in [-0.3, -0.25) is 19.8 Å². The Morgan fingerprint density at radius 2 is 1.97 bits per heavy atom. The summed E-state index contributed by atoms with van der Waals surface area (Å²) in [6.45, 7) is 3.24. The molecule has 1 N–H and O–H groups in total. The fraction of sp³-hybridized carbons (Fsp3) is 0.304. The number of nitrogens with zero attached hydrogens (tertiary/aromatic N) is 4. The second kappa shape index (κ2) is 10.2. The molecule has 1 aliphatic rings. The van der Waals surface area contributed by atoms with Crippen LogP contribution in [0.3, 0.4) is 0 Å². The standard InChI is InChI=1S/C23H25N5O5/c1-32-20-7-5-17(6-8-20)22(26-11-13-33-14-12-26)16-24-23(29)21-9-10-27(25-21)18-3-2-4-19(15-18)28(30)31/h2-10,15,22H,11-14,16H2,1H3,(H,24,29). The molecule has 2 aromatic carbocycles. The van der Waals surface area contributed by atoms with Gasteiger partial charge in [0.15, 0.2) is 5.69 Å². The SMILES string of the molecule is COc1ccc(C(CNC(=O)c2ccn(-c3cccc([N+](=O)[O-])c3)n2)N2CCOCC2)cc1. The average molecular weight is 451 g/mol. The van der Waals surface area contributed by atoms with Crippen molar-refractivity contribution < 1.29 is 19.2 Å². The molecule has 4 rings (SSSR count). The van der Waals surface area contributed by atoms with E-state index in [1.54, 1.807) is 31.5 Å². The number of hydrogen-bond acceptors (Lipinski definition) is 7. The lowest BCUT2D eigenvalue weighted by Crippen LogP contribution is -2.43. The van der Waals surface area contributed by atoms with Crippen LogP contribution in [-0.4, -0.2) is 65.5 Å². The van der Waals surface area contributed by atoms with Gasteiger partial charge in [-0.15, -0.1) is 0 Å². The normalized spacial score (nSPS) is 15.1. The van der Waals surface area contributed by atoms with Crippen molar-refractivity contribution in [2.75, 3.05) is 40.0 Å². The van der Waals surface area contributed by atoms with Gasteiger partial charge in [-0.1, -0.05) is 18.2 Å². The minimum Gasteiger partial charge on any atom is -0.497 e. The predicted molar refractivity (Wildman–Crippen MR) is 121 cm³/mol. The fourth-order valence-corrected chi connectivity index (χ4v) is 3.79. The van der Waals surface area contributed by atoms with Gasteiger partial charge in [0.25, 0.3) is 11.6 Å². The van der Waals surface area contributed by atoms with E-state index in [1.807, 2.05) is 24.3 Å². The molecule has 1 aromatic heterocycles. The molecule has 1 unspecified atom stereocenters. The van der Waals surface area contributed by atoms with Crippen LogP contribution in [0, 0.1) is 10.1 Å². The summed E-state index contributed by atoms with van der Waals surface area (Å²) in [5.74, 6) is 0.459. The van der Waals surface area contributed by atoms with Gasteiger partial charge >= 0.3 is 0 Å². The van der Waals surface area contributed by atoms with Crippen LogP contribution < -0.4 is 10.1 Å². The van der Waals surface area contributed by atoms with Crippen molar-refractivity contribution in [1.82, 2.24) is 20.0 Å². The summed E-state index contributed by atoms with van der Waals surface area (Å²) in [5, 5.41) is 18.3. The van der Waals surface area contributed by atoms with Crippen LogP contribution in [0.2, 0.25) is 0 Å². The molecule has 0 bridgehead atoms. The molecule has 33 heavy (non-hydrogen) atoms. The number of amides is 1. The Balaban J connectivity index is 1.47. The van der Waals surface area contributed by atoms with Crippen LogP contribution in [0.1, 0.15) is 22.1 Å². The molecule has 0 saturated carbocycles. The molecule has 1 atom stereocenters. The lowest BCUT2D eigenvalue weighted by atomic mass is 10.0. The Morgan fingerprint density at radius 3 is 2.67 bits per heavy atom. The number of non-ortho nitro benzene ring substituents is 1. The van der Waals surface area contributed by atoms with Gasteiger partial charge < -0.3 is 14.8 Å². The third-order valence-electron chi connectivity index (χ3n) is 5.57. The van der Waals surface area contributed by atoms with E-state index in [2.05, 4.69) is 15.3 Å². The number of morpholine rings is 1. The number of rotatable bonds is 8. The first-order valence-corrected chi connectivity index (χ1v) is 10.6. The maximum Gasteiger partial charge on any atom is 0.271 e. The molecule has 0 spiro atoms. The van der Waals surface area contributed by atoms with Crippen molar-refractivity contribution >= 4 is 11.6 Å². The Kier molecular flexibility index (Phi) is 6.96. The minimum absolute atomic E-state index is 0.0254. The second-order valence-corrected chi connectivity index (χ2v) is 7.57. The number of carbonyl (C=O) groups excluding carboxylic acids is 1. The number of nitro groups is 1. The van der Waals surface area contributed by atoms with E-state index in [-0.39, 0.29) is 23.3 Å². The monoisotopic (exact) mass is 451 g/mol. The van der Waals surface area contributed by atoms with Crippen LogP contribution in [-0.2, 0) is 4.74 Å². The summed E-state index contributed by atoms with van der Waals surface area (Å²) in [6.07, 6.45) is 1.61. The molecule has 2 heterocycles. The van der Waals surface area contributed by atoms with E-state index in [4.69, 9.17) is 9.47 Å². The predicted octanol–water partition coefficient (Wildman–Crippen LogP) is 2.59. The van der Waals surface area contributed by atoms with Gasteiger partial charge in [-0.05, 0) is 29.8 Å². The van der Waals surface area contributed by atoms with E-state index in [1.165, 1.54) is 16.8 Å². The maximum atomic E-state index is 12.8. The van der Waals surface area contributed by atoms with Gasteiger partial charge in [0.1, 0.15) is 5.75 Å². The molecule has 0 aliphatic carbocycles. The smallest absolute Gasteiger partial charge is 0.271 e. The van der Waals surface area contributed by atoms with Gasteiger partial charge in [0.2, 0.25) is 0 Å². The van der Waals surface area contributed by atoms with Gasteiger partial charge in [-0.2, -0.15) is 5.10 Å². The molecule has 1 amide bonds. The molecule has 3 aromatic rings. The van der Waals surface area contributed by atoms with Crippen LogP contribution in [0.4, 0.5) is 5.69 Å². The third kappa shape index (κ3) is 5.36. The van der Waals surface area contributed by atoms with Gasteiger partial charge in [0.05, 0.1) is 37.0 Å². The Morgan fingerprint density at radius 1 is 1.21 bits per heavy atom. The summed E-state index contributed by atoms with van der Waals surface area (Å²) in [7, 11) is 1.63. The van der Waals surface area contributed by atoms with Gasteiger partial charge in [-0.25, -0.2) is 4.68 Å². The summed E-state index contributed by atoms with van der Waals surface area (Å²) in [6, 6.07) is 15.5. The molecule has 10 heteroatoms. The van der Waals surface area contributed by atoms with Crippen molar-refractivity contribution in [3.63, 3.8) is 0 Å². The highest BCUT2D eigenvalue weighted by atomic mass is 16.6. The number of aromatic nitrogens is 2. The molecule has 0 radical (unpaired) electrons. The number of nitrogens with one attached hydrogen (secondary N) is 1. The van der Waals surface area contributed by atoms with Crippen molar-refractivity contribution in [1.29, 1.82) is 0 Å². The first-order valence-electron chi connectivity index (χ1n) is 10.6. The molecule has 172 valence electrons. The highest BCUT2D eigenvalue weighted by Crippen LogP contribution is 2.24. The number of hydrogen-bond donors (Lipinski definition) is 1. The molecule has 10 nitrogen and oxygen atoms in total. The Labute approximate surface area is 190 Å². The minimum atomic E-state index is -0.467. The summed E-state index contributed by atoms with van der Waals surface area (Å²) in [4.78, 5) is 25.7. The van der Waals surface area contributed by atoms with Crippen LogP contribution in [0.5, 0.6) is 5.75 Å². The topological polar surface area (TPSA) is 112 Å². The highest BCUT2D eigenvalue weighted by Gasteiger charge is 2.24. The van der Waals surface area contributed by atoms with E-state index >= 15 is 0 Å². The first kappa shape index (κ1) is 22.4. The molecular weight excluding hydrogens is 426 g/mol. The van der Waals surface area contributed by atoms with Crippen LogP contribution in [0.25, 0.3) is 5.69 Å². The molecule has 1 saturated heterocycles. The number of nitro benzene ring substituents is 1. The number of ether oxygens (including phenoxy) is 2. The van der Waals surface area contributed by atoms with E-state index in [9.17, 15) is 14.9 Å². The van der Waals surface area contributed by atoms with Crippen molar-refractivity contribution in [2.24, 2.45) is 0 Å². The molecule has 1 fully saturated rings. The molecular formula is C23H25N5O5. The largest absolute Gasteiger partial charge is 0.497 e. The Bertz CT molecular complexity index is 1110. The quantitative estimate of drug-likeness (QED) is 0.414. The van der Waals surface area contributed by atoms with Crippen molar-refractivity contribution in [2.45, 2.75) is 6.04 Å². The van der Waals surface area contributed by atoms with E-state index < -0.39 is 4.92 Å². The zero-order valence-electron chi connectivity index (χ0n) is 18.2. The lowest BCUT2D eigenvalue weighted by Gasteiger charge is -2.35. The number of benzene rings is 2. The zero-order chi connectivity index (χ0) is 23.2. The lowest BCUT2D eigenvalue weighted by molar-refractivity contribution is -0.384. The average Bonchev–Trinajstić information content (AvgIpc) is 3.36. The van der Waals surface area contributed by atoms with Crippen molar-refractivity contribution in [3.05, 3.63) is 82.2 Å². The van der Waals surface area contributed by atoms with E-state index in [0.717, 1.165) is 24.4 Å². The molecule has 1 aliphatic heterocycles. The third-order valence-corrected chi connectivity index (χ3v) is 5.57. The summed E-state index contributed by atoms with van der Waals surface area (Å²) in [5.41, 5.74) is 1.77. The number of methoxy groups -OCH3 is 1. The highest BCUT2D eigenvalue weighted by molar-refractivity contribution is 5.92. The van der Waals surface area contributed by atoms with Crippen LogP contribution in [0.15, 0.2) is 60.8 Å².